The molecule has 0 saturated heterocycles. The summed E-state index contributed by atoms with van der Waals surface area (Å²) in [5, 5.41) is 35.0. The molecule has 11 heteroatoms. The zero-order chi connectivity index (χ0) is 23.6. The van der Waals surface area contributed by atoms with Gasteiger partial charge in [0, 0.05) is 0 Å². The van der Waals surface area contributed by atoms with E-state index in [4.69, 9.17) is 15.9 Å². The number of nitrogens with one attached hydrogen (secondary N) is 3. The summed E-state index contributed by atoms with van der Waals surface area (Å²) in [6, 6.07) is -4.82. The van der Waals surface area contributed by atoms with Crippen molar-refractivity contribution in [2.45, 2.75) is 77.7 Å². The number of aliphatic carboxylic acids is 1. The van der Waals surface area contributed by atoms with Crippen LogP contribution in [0, 0.1) is 11.8 Å². The molecule has 30 heavy (non-hydrogen) atoms. The van der Waals surface area contributed by atoms with Crippen molar-refractivity contribution in [3.63, 3.8) is 0 Å². The summed E-state index contributed by atoms with van der Waals surface area (Å²) < 4.78 is 0. The van der Waals surface area contributed by atoms with Crippen molar-refractivity contribution >= 4 is 23.7 Å². The molecule has 8 N–H and O–H groups in total. The van der Waals surface area contributed by atoms with Crippen molar-refractivity contribution in [1.82, 2.24) is 16.0 Å². The Morgan fingerprint density at radius 2 is 1.23 bits per heavy atom. The Morgan fingerprint density at radius 1 is 0.833 bits per heavy atom. The lowest BCUT2D eigenvalue weighted by atomic mass is 9.94. The summed E-state index contributed by atoms with van der Waals surface area (Å²) in [6.07, 6.45) is -0.0768. The zero-order valence-electron chi connectivity index (χ0n) is 18.2. The third-order valence-electron chi connectivity index (χ3n) is 5.21. The van der Waals surface area contributed by atoms with Crippen LogP contribution < -0.4 is 21.7 Å². The highest BCUT2D eigenvalue weighted by Crippen LogP contribution is 2.13. The fourth-order valence-corrected chi connectivity index (χ4v) is 2.56. The van der Waals surface area contributed by atoms with E-state index in [1.807, 2.05) is 6.92 Å². The fraction of sp³-hybridized carbons (Fsp3) is 0.789. The molecule has 3 amide bonds. The van der Waals surface area contributed by atoms with Gasteiger partial charge in [0.05, 0.1) is 12.7 Å². The summed E-state index contributed by atoms with van der Waals surface area (Å²) in [5.74, 6) is -4.16. The molecule has 7 unspecified atom stereocenters. The van der Waals surface area contributed by atoms with E-state index in [0.717, 1.165) is 0 Å². The van der Waals surface area contributed by atoms with Crippen molar-refractivity contribution in [2.75, 3.05) is 6.61 Å². The quantitative estimate of drug-likeness (QED) is 0.179. The number of nitrogens with two attached hydrogens (primary N) is 1. The number of carboxylic acid groups (broad SMARTS) is 1. The molecule has 0 rings (SSSR count). The molecule has 7 atom stereocenters. The number of carboxylic acids is 1. The van der Waals surface area contributed by atoms with Gasteiger partial charge in [-0.3, -0.25) is 14.4 Å². The molecule has 0 aliphatic heterocycles. The molecule has 0 spiro atoms. The first-order valence-electron chi connectivity index (χ1n) is 10.1. The van der Waals surface area contributed by atoms with Crippen molar-refractivity contribution < 1.29 is 34.5 Å². The molecular formula is C19H36N4O7. The highest BCUT2D eigenvalue weighted by atomic mass is 16.4. The van der Waals surface area contributed by atoms with Crippen molar-refractivity contribution in [2.24, 2.45) is 17.6 Å². The van der Waals surface area contributed by atoms with E-state index in [2.05, 4.69) is 16.0 Å². The molecule has 0 aromatic carbocycles. The number of amides is 3. The van der Waals surface area contributed by atoms with E-state index >= 15 is 0 Å². The lowest BCUT2D eigenvalue weighted by Gasteiger charge is -2.30. The minimum atomic E-state index is -1.50. The van der Waals surface area contributed by atoms with Gasteiger partial charge in [0.2, 0.25) is 17.7 Å². The van der Waals surface area contributed by atoms with Crippen LogP contribution in [0.25, 0.3) is 0 Å². The van der Waals surface area contributed by atoms with Crippen LogP contribution in [0.3, 0.4) is 0 Å². The van der Waals surface area contributed by atoms with Crippen LogP contribution in [0.2, 0.25) is 0 Å². The smallest absolute Gasteiger partial charge is 0.328 e. The first-order valence-corrected chi connectivity index (χ1v) is 10.1. The number of aliphatic hydroxyl groups is 2. The Labute approximate surface area is 176 Å². The average molecular weight is 433 g/mol. The SMILES string of the molecule is CCC(C)C(NC(=O)C(N)C(C)O)C(=O)NC(C(=O)NC(CO)C(=O)O)C(C)CC. The van der Waals surface area contributed by atoms with Crippen LogP contribution in [0.4, 0.5) is 0 Å². The first-order chi connectivity index (χ1) is 13.9. The summed E-state index contributed by atoms with van der Waals surface area (Å²) in [6.45, 7) is 7.62. The van der Waals surface area contributed by atoms with E-state index in [1.54, 1.807) is 20.8 Å². The second-order valence-electron chi connectivity index (χ2n) is 7.59. The Hall–Kier alpha value is -2.24. The summed E-state index contributed by atoms with van der Waals surface area (Å²) in [5.41, 5.74) is 5.63. The van der Waals surface area contributed by atoms with Gasteiger partial charge in [-0.25, -0.2) is 4.79 Å². The van der Waals surface area contributed by atoms with Gasteiger partial charge < -0.3 is 37.0 Å². The maximum atomic E-state index is 12.9. The predicted octanol–water partition coefficient (Wildman–Crippen LogP) is -1.68. The number of hydrogen-bond acceptors (Lipinski definition) is 7. The average Bonchev–Trinajstić information content (AvgIpc) is 2.71. The molecule has 0 radical (unpaired) electrons. The van der Waals surface area contributed by atoms with Crippen molar-refractivity contribution in [3.05, 3.63) is 0 Å². The maximum absolute atomic E-state index is 12.9. The maximum Gasteiger partial charge on any atom is 0.328 e. The molecule has 0 fully saturated rings. The standard InChI is InChI=1S/C19H36N4O7/c1-6-9(3)14(17(27)21-12(8-24)19(29)30)23-18(28)15(10(4)7-2)22-16(26)13(20)11(5)25/h9-15,24-25H,6-8,20H2,1-5H3,(H,21,27)(H,22,26)(H,23,28)(H,29,30). The van der Waals surface area contributed by atoms with Crippen molar-refractivity contribution in [3.8, 4) is 0 Å². The lowest BCUT2D eigenvalue weighted by Crippen LogP contribution is -2.60. The molecular weight excluding hydrogens is 396 g/mol. The van der Waals surface area contributed by atoms with Crippen LogP contribution in [0.5, 0.6) is 0 Å². The molecule has 0 bridgehead atoms. The van der Waals surface area contributed by atoms with E-state index in [0.29, 0.717) is 12.8 Å². The molecule has 0 heterocycles. The highest BCUT2D eigenvalue weighted by molar-refractivity contribution is 5.94. The second-order valence-corrected chi connectivity index (χ2v) is 7.59. The third-order valence-corrected chi connectivity index (χ3v) is 5.21. The lowest BCUT2D eigenvalue weighted by molar-refractivity contribution is -0.143. The number of rotatable bonds is 13. The molecule has 11 nitrogen and oxygen atoms in total. The number of carbonyl (C=O) groups excluding carboxylic acids is 3. The Kier molecular flexibility index (Phi) is 12.2. The van der Waals surface area contributed by atoms with Gasteiger partial charge in [-0.2, -0.15) is 0 Å². The van der Waals surface area contributed by atoms with Crippen LogP contribution in [-0.4, -0.2) is 75.9 Å². The molecule has 174 valence electrons. The number of carbonyl (C=O) groups is 4. The van der Waals surface area contributed by atoms with E-state index in [1.165, 1.54) is 6.92 Å². The molecule has 0 aliphatic carbocycles. The molecule has 0 saturated carbocycles. The highest BCUT2D eigenvalue weighted by Gasteiger charge is 2.34. The number of aliphatic hydroxyl groups excluding tert-OH is 2. The summed E-state index contributed by atoms with van der Waals surface area (Å²) in [7, 11) is 0. The van der Waals surface area contributed by atoms with Crippen LogP contribution >= 0.6 is 0 Å². The van der Waals surface area contributed by atoms with Gasteiger partial charge in [-0.15, -0.1) is 0 Å². The van der Waals surface area contributed by atoms with Crippen LogP contribution in [-0.2, 0) is 19.2 Å². The Morgan fingerprint density at radius 3 is 1.57 bits per heavy atom. The van der Waals surface area contributed by atoms with Gasteiger partial charge in [0.1, 0.15) is 24.2 Å². The molecule has 0 aliphatic rings. The normalized spacial score (nSPS) is 18.1. The van der Waals surface area contributed by atoms with E-state index in [-0.39, 0.29) is 11.8 Å². The largest absolute Gasteiger partial charge is 0.480 e. The van der Waals surface area contributed by atoms with Gasteiger partial charge in [-0.05, 0) is 18.8 Å². The van der Waals surface area contributed by atoms with Gasteiger partial charge in [-0.1, -0.05) is 40.5 Å². The first kappa shape index (κ1) is 27.8. The molecule has 0 aromatic rings. The second kappa shape index (κ2) is 13.1. The monoisotopic (exact) mass is 432 g/mol. The summed E-state index contributed by atoms with van der Waals surface area (Å²) in [4.78, 5) is 48.8. The number of hydrogen-bond donors (Lipinski definition) is 7. The topological polar surface area (TPSA) is 191 Å². The van der Waals surface area contributed by atoms with Gasteiger partial charge in [0.25, 0.3) is 0 Å². The minimum absolute atomic E-state index is 0.306. The Balaban J connectivity index is 5.55. The van der Waals surface area contributed by atoms with Crippen molar-refractivity contribution in [1.29, 1.82) is 0 Å². The Bertz CT molecular complexity index is 599. The minimum Gasteiger partial charge on any atom is -0.480 e. The van der Waals surface area contributed by atoms with Crippen LogP contribution in [0.15, 0.2) is 0 Å². The molecule has 0 aromatic heterocycles. The zero-order valence-corrected chi connectivity index (χ0v) is 18.2. The summed E-state index contributed by atoms with van der Waals surface area (Å²) >= 11 is 0. The predicted molar refractivity (Wildman–Crippen MR) is 109 cm³/mol. The van der Waals surface area contributed by atoms with E-state index in [9.17, 15) is 24.3 Å². The van der Waals surface area contributed by atoms with Crippen LogP contribution in [0.1, 0.15) is 47.5 Å². The van der Waals surface area contributed by atoms with Gasteiger partial charge >= 0.3 is 5.97 Å². The van der Waals surface area contributed by atoms with Gasteiger partial charge in [0.15, 0.2) is 0 Å². The van der Waals surface area contributed by atoms with E-state index < -0.39 is 60.6 Å². The fourth-order valence-electron chi connectivity index (χ4n) is 2.56. The third kappa shape index (κ3) is 8.25.